The van der Waals surface area contributed by atoms with Crippen LogP contribution < -0.4 is 11.1 Å². The van der Waals surface area contributed by atoms with E-state index in [2.05, 4.69) is 5.32 Å². The number of primary amides is 1. The summed E-state index contributed by atoms with van der Waals surface area (Å²) in [6.45, 7) is 1.04. The molecule has 7 nitrogen and oxygen atoms in total. The van der Waals surface area contributed by atoms with E-state index in [9.17, 15) is 23.4 Å². The molecular formula is C23H25ClN2O5S. The molecule has 1 amide bonds. The number of rotatable bonds is 9. The van der Waals surface area contributed by atoms with Gasteiger partial charge in [0.15, 0.2) is 0 Å². The number of aliphatic hydroxyl groups is 1. The maximum absolute atomic E-state index is 12.8. The van der Waals surface area contributed by atoms with Gasteiger partial charge in [-0.25, -0.2) is 8.42 Å². The lowest BCUT2D eigenvalue weighted by atomic mass is 10.1. The first kappa shape index (κ1) is 25.4. The van der Waals surface area contributed by atoms with Crippen LogP contribution in [-0.2, 0) is 16.3 Å². The predicted molar refractivity (Wildman–Crippen MR) is 124 cm³/mol. The van der Waals surface area contributed by atoms with Crippen LogP contribution in [0.2, 0.25) is 0 Å². The highest BCUT2D eigenvalue weighted by molar-refractivity contribution is 7.91. The summed E-state index contributed by atoms with van der Waals surface area (Å²) in [4.78, 5) is 11.3. The van der Waals surface area contributed by atoms with Crippen LogP contribution in [0.4, 0.5) is 0 Å². The Labute approximate surface area is 193 Å². The van der Waals surface area contributed by atoms with Crippen LogP contribution in [0.5, 0.6) is 5.75 Å². The van der Waals surface area contributed by atoms with E-state index >= 15 is 0 Å². The number of nitrogens with two attached hydrogens (primary N) is 1. The van der Waals surface area contributed by atoms with Crippen molar-refractivity contribution >= 4 is 28.2 Å². The third kappa shape index (κ3) is 6.08. The first-order valence-electron chi connectivity index (χ1n) is 9.69. The van der Waals surface area contributed by atoms with Crippen molar-refractivity contribution in [3.05, 3.63) is 89.5 Å². The summed E-state index contributed by atoms with van der Waals surface area (Å²) in [5, 5.41) is 23.0. The van der Waals surface area contributed by atoms with Crippen LogP contribution in [0.3, 0.4) is 0 Å². The van der Waals surface area contributed by atoms with Crippen molar-refractivity contribution in [1.29, 1.82) is 0 Å². The fourth-order valence-corrected chi connectivity index (χ4v) is 4.40. The number of amides is 1. The van der Waals surface area contributed by atoms with E-state index in [1.54, 1.807) is 12.1 Å². The predicted octanol–water partition coefficient (Wildman–Crippen LogP) is 2.61. The average Bonchev–Trinajstić information content (AvgIpc) is 2.77. The number of aromatic hydroxyl groups is 1. The number of sulfone groups is 1. The van der Waals surface area contributed by atoms with Crippen molar-refractivity contribution in [2.75, 3.05) is 13.1 Å². The molecule has 0 heterocycles. The van der Waals surface area contributed by atoms with Gasteiger partial charge in [-0.05, 0) is 54.4 Å². The van der Waals surface area contributed by atoms with E-state index in [1.807, 2.05) is 30.3 Å². The molecule has 0 spiro atoms. The lowest BCUT2D eigenvalue weighted by Gasteiger charge is -2.12. The second-order valence-electron chi connectivity index (χ2n) is 7.07. The van der Waals surface area contributed by atoms with E-state index < -0.39 is 21.8 Å². The van der Waals surface area contributed by atoms with Gasteiger partial charge in [0.2, 0.25) is 9.84 Å². The SMILES string of the molecule is Cl.NC(=O)c1cc(S(=O)(=O)c2ccc(CCNC[C@H](O)c3ccccc3)cc2)ccc1O. The minimum absolute atomic E-state index is 0. The van der Waals surface area contributed by atoms with E-state index in [1.165, 1.54) is 18.2 Å². The number of nitrogens with one attached hydrogen (secondary N) is 1. The summed E-state index contributed by atoms with van der Waals surface area (Å²) in [5.74, 6) is -1.28. The van der Waals surface area contributed by atoms with Gasteiger partial charge in [0.25, 0.3) is 5.91 Å². The molecule has 5 N–H and O–H groups in total. The molecule has 0 radical (unpaired) electrons. The van der Waals surface area contributed by atoms with Crippen LogP contribution in [-0.4, -0.2) is 37.6 Å². The molecule has 3 rings (SSSR count). The number of aliphatic hydroxyl groups excluding tert-OH is 1. The quantitative estimate of drug-likeness (QED) is 0.351. The summed E-state index contributed by atoms with van der Waals surface area (Å²) in [7, 11) is -3.86. The molecule has 0 saturated carbocycles. The first-order chi connectivity index (χ1) is 14.8. The second-order valence-corrected chi connectivity index (χ2v) is 9.02. The van der Waals surface area contributed by atoms with Gasteiger partial charge in [-0.3, -0.25) is 4.79 Å². The molecular weight excluding hydrogens is 452 g/mol. The van der Waals surface area contributed by atoms with Gasteiger partial charge in [0.1, 0.15) is 5.75 Å². The van der Waals surface area contributed by atoms with E-state index in [-0.39, 0.29) is 33.5 Å². The standard InChI is InChI=1S/C23H24N2O5S.ClH/c24-23(28)20-14-19(10-11-21(20)26)31(29,30)18-8-6-16(7-9-18)12-13-25-15-22(27)17-4-2-1-3-5-17;/h1-11,14,22,25-27H,12-13,15H2,(H2,24,28);1H/t22-;/m0./s1. The molecule has 0 aliphatic carbocycles. The Morgan fingerprint density at radius 3 is 2.22 bits per heavy atom. The number of carbonyl (C=O) groups excluding carboxylic acids is 1. The van der Waals surface area contributed by atoms with Gasteiger partial charge in [-0.2, -0.15) is 0 Å². The number of hydrogen-bond acceptors (Lipinski definition) is 6. The van der Waals surface area contributed by atoms with Crippen molar-refractivity contribution in [3.8, 4) is 5.75 Å². The molecule has 0 unspecified atom stereocenters. The lowest BCUT2D eigenvalue weighted by molar-refractivity contribution is 0.0997. The zero-order valence-corrected chi connectivity index (χ0v) is 18.8. The molecule has 0 saturated heterocycles. The minimum atomic E-state index is -3.86. The number of hydrogen-bond donors (Lipinski definition) is 4. The molecule has 0 fully saturated rings. The lowest BCUT2D eigenvalue weighted by Crippen LogP contribution is -2.23. The third-order valence-corrected chi connectivity index (χ3v) is 6.66. The van der Waals surface area contributed by atoms with Gasteiger partial charge in [-0.1, -0.05) is 42.5 Å². The molecule has 0 aliphatic rings. The van der Waals surface area contributed by atoms with Crippen molar-refractivity contribution in [1.82, 2.24) is 5.32 Å². The Kier molecular flexibility index (Phi) is 8.80. The molecule has 1 atom stereocenters. The van der Waals surface area contributed by atoms with Gasteiger partial charge >= 0.3 is 0 Å². The summed E-state index contributed by atoms with van der Waals surface area (Å²) in [6.07, 6.45) is 0.0664. The fourth-order valence-electron chi connectivity index (χ4n) is 3.12. The van der Waals surface area contributed by atoms with Crippen LogP contribution in [0.25, 0.3) is 0 Å². The molecule has 0 aromatic heterocycles. The zero-order chi connectivity index (χ0) is 22.4. The Bertz CT molecular complexity index is 1150. The average molecular weight is 477 g/mol. The summed E-state index contributed by atoms with van der Waals surface area (Å²) in [6, 6.07) is 19.3. The smallest absolute Gasteiger partial charge is 0.252 e. The van der Waals surface area contributed by atoms with Crippen molar-refractivity contribution in [3.63, 3.8) is 0 Å². The van der Waals surface area contributed by atoms with Gasteiger partial charge in [-0.15, -0.1) is 12.4 Å². The molecule has 9 heteroatoms. The zero-order valence-electron chi connectivity index (χ0n) is 17.1. The highest BCUT2D eigenvalue weighted by Crippen LogP contribution is 2.26. The fraction of sp³-hybridized carbons (Fsp3) is 0.174. The van der Waals surface area contributed by atoms with Crippen LogP contribution in [0, 0.1) is 0 Å². The molecule has 170 valence electrons. The molecule has 3 aromatic carbocycles. The number of benzene rings is 3. The number of phenols is 1. The minimum Gasteiger partial charge on any atom is -0.507 e. The van der Waals surface area contributed by atoms with E-state index in [0.717, 1.165) is 23.3 Å². The van der Waals surface area contributed by atoms with Crippen LogP contribution >= 0.6 is 12.4 Å². The summed E-state index contributed by atoms with van der Waals surface area (Å²) >= 11 is 0. The maximum atomic E-state index is 12.8. The van der Waals surface area contributed by atoms with Gasteiger partial charge in [0.05, 0.1) is 21.5 Å². The Morgan fingerprint density at radius 2 is 1.59 bits per heavy atom. The molecule has 3 aromatic rings. The number of carbonyl (C=O) groups is 1. The first-order valence-corrected chi connectivity index (χ1v) is 11.2. The monoisotopic (exact) mass is 476 g/mol. The molecule has 0 aliphatic heterocycles. The highest BCUT2D eigenvalue weighted by atomic mass is 35.5. The van der Waals surface area contributed by atoms with E-state index in [0.29, 0.717) is 19.5 Å². The van der Waals surface area contributed by atoms with Gasteiger partial charge < -0.3 is 21.3 Å². The largest absolute Gasteiger partial charge is 0.507 e. The Balaban J connectivity index is 0.00000363. The van der Waals surface area contributed by atoms with Crippen molar-refractivity contribution < 1.29 is 23.4 Å². The molecule has 0 bridgehead atoms. The van der Waals surface area contributed by atoms with Crippen LogP contribution in [0.1, 0.15) is 27.6 Å². The highest BCUT2D eigenvalue weighted by Gasteiger charge is 2.20. The Hall–Kier alpha value is -2.91. The summed E-state index contributed by atoms with van der Waals surface area (Å²) in [5.41, 5.74) is 6.71. The van der Waals surface area contributed by atoms with Gasteiger partial charge in [0, 0.05) is 6.54 Å². The van der Waals surface area contributed by atoms with Crippen molar-refractivity contribution in [2.24, 2.45) is 5.73 Å². The Morgan fingerprint density at radius 1 is 0.969 bits per heavy atom. The third-order valence-electron chi connectivity index (χ3n) is 4.89. The van der Waals surface area contributed by atoms with Crippen LogP contribution in [0.15, 0.2) is 82.6 Å². The normalized spacial score (nSPS) is 12.0. The maximum Gasteiger partial charge on any atom is 0.252 e. The van der Waals surface area contributed by atoms with E-state index in [4.69, 9.17) is 5.73 Å². The van der Waals surface area contributed by atoms with Crippen molar-refractivity contribution in [2.45, 2.75) is 22.3 Å². The molecule has 32 heavy (non-hydrogen) atoms. The summed E-state index contributed by atoms with van der Waals surface area (Å²) < 4.78 is 25.7. The topological polar surface area (TPSA) is 130 Å². The second kappa shape index (κ2) is 11.1. The number of halogens is 1.